The molecule has 0 aliphatic carbocycles. The second-order valence-corrected chi connectivity index (χ2v) is 5.35. The summed E-state index contributed by atoms with van der Waals surface area (Å²) in [5.74, 6) is -0.210. The summed E-state index contributed by atoms with van der Waals surface area (Å²) >= 11 is 5.60. The smallest absolute Gasteiger partial charge is 0.359 e. The standard InChI is InChI=1S/C13H15ClF3N3O/c1-8(12(21)20-4-2-3-5-20)18-11-7-9(13(15,16)17)6-10(14)19-11/h6-8H,2-5H2,1H3,(H,18,19). The topological polar surface area (TPSA) is 45.2 Å². The summed E-state index contributed by atoms with van der Waals surface area (Å²) in [6.45, 7) is 2.96. The summed E-state index contributed by atoms with van der Waals surface area (Å²) in [6.07, 6.45) is -2.61. The molecule has 1 aromatic rings. The van der Waals surface area contributed by atoms with E-state index in [1.165, 1.54) is 0 Å². The molecule has 1 aliphatic heterocycles. The molecule has 1 fully saturated rings. The third kappa shape index (κ3) is 4.00. The van der Waals surface area contributed by atoms with Crippen molar-refractivity contribution >= 4 is 23.3 Å². The monoisotopic (exact) mass is 321 g/mol. The molecule has 1 atom stereocenters. The SMILES string of the molecule is CC(Nc1cc(C(F)(F)F)cc(Cl)n1)C(=O)N1CCCC1. The van der Waals surface area contributed by atoms with Crippen molar-refractivity contribution in [3.63, 3.8) is 0 Å². The lowest BCUT2D eigenvalue weighted by atomic mass is 10.2. The first kappa shape index (κ1) is 15.9. The van der Waals surface area contributed by atoms with E-state index in [0.717, 1.165) is 25.0 Å². The van der Waals surface area contributed by atoms with Gasteiger partial charge in [-0.2, -0.15) is 13.2 Å². The average molecular weight is 322 g/mol. The molecule has 1 N–H and O–H groups in total. The molecule has 1 saturated heterocycles. The third-order valence-electron chi connectivity index (χ3n) is 3.27. The van der Waals surface area contributed by atoms with Gasteiger partial charge in [0.15, 0.2) is 0 Å². The molecule has 1 aromatic heterocycles. The Morgan fingerprint density at radius 1 is 1.38 bits per heavy atom. The van der Waals surface area contributed by atoms with Crippen LogP contribution >= 0.6 is 11.6 Å². The maximum Gasteiger partial charge on any atom is 0.416 e. The Bertz CT molecular complexity index is 530. The fourth-order valence-corrected chi connectivity index (χ4v) is 2.44. The summed E-state index contributed by atoms with van der Waals surface area (Å²) in [6, 6.07) is 0.939. The van der Waals surface area contributed by atoms with E-state index in [1.54, 1.807) is 11.8 Å². The van der Waals surface area contributed by atoms with Gasteiger partial charge in [0.05, 0.1) is 5.56 Å². The Hall–Kier alpha value is -1.50. The van der Waals surface area contributed by atoms with Gasteiger partial charge in [0, 0.05) is 13.1 Å². The number of nitrogens with zero attached hydrogens (tertiary/aromatic N) is 2. The van der Waals surface area contributed by atoms with Crippen molar-refractivity contribution in [1.29, 1.82) is 0 Å². The highest BCUT2D eigenvalue weighted by molar-refractivity contribution is 6.29. The van der Waals surface area contributed by atoms with Crippen molar-refractivity contribution in [2.45, 2.75) is 32.0 Å². The molecule has 8 heteroatoms. The zero-order valence-electron chi connectivity index (χ0n) is 11.4. The second-order valence-electron chi connectivity index (χ2n) is 4.96. The first-order valence-electron chi connectivity index (χ1n) is 6.57. The van der Waals surface area contributed by atoms with Crippen molar-refractivity contribution in [2.75, 3.05) is 18.4 Å². The molecular weight excluding hydrogens is 307 g/mol. The van der Waals surface area contributed by atoms with Crippen LogP contribution in [0.3, 0.4) is 0 Å². The number of rotatable bonds is 3. The number of pyridine rings is 1. The van der Waals surface area contributed by atoms with Gasteiger partial charge in [0.1, 0.15) is 17.0 Å². The fraction of sp³-hybridized carbons (Fsp3) is 0.538. The van der Waals surface area contributed by atoms with Gasteiger partial charge in [-0.25, -0.2) is 4.98 Å². The van der Waals surface area contributed by atoms with Gasteiger partial charge in [-0.3, -0.25) is 4.79 Å². The van der Waals surface area contributed by atoms with Crippen LogP contribution in [0.1, 0.15) is 25.3 Å². The molecule has 0 spiro atoms. The third-order valence-corrected chi connectivity index (χ3v) is 3.47. The normalized spacial score (nSPS) is 16.9. The van der Waals surface area contributed by atoms with Crippen LogP contribution in [0, 0.1) is 0 Å². The Kier molecular flexibility index (Phi) is 4.61. The van der Waals surface area contributed by atoms with E-state index < -0.39 is 17.8 Å². The van der Waals surface area contributed by atoms with Gasteiger partial charge in [0.2, 0.25) is 5.91 Å². The summed E-state index contributed by atoms with van der Waals surface area (Å²) in [7, 11) is 0. The Labute approximate surface area is 125 Å². The zero-order valence-corrected chi connectivity index (χ0v) is 12.1. The lowest BCUT2D eigenvalue weighted by Crippen LogP contribution is -2.39. The van der Waals surface area contributed by atoms with Crippen LogP contribution in [-0.4, -0.2) is 34.9 Å². The first-order chi connectivity index (χ1) is 9.77. The van der Waals surface area contributed by atoms with E-state index >= 15 is 0 Å². The summed E-state index contributed by atoms with van der Waals surface area (Å²) in [5, 5.41) is 2.41. The van der Waals surface area contributed by atoms with Crippen molar-refractivity contribution < 1.29 is 18.0 Å². The quantitative estimate of drug-likeness (QED) is 0.870. The summed E-state index contributed by atoms with van der Waals surface area (Å²) in [4.78, 5) is 17.6. The Balaban J connectivity index is 2.11. The summed E-state index contributed by atoms with van der Waals surface area (Å²) < 4.78 is 38.1. The molecule has 0 bridgehead atoms. The van der Waals surface area contributed by atoms with Crippen LogP contribution < -0.4 is 5.32 Å². The lowest BCUT2D eigenvalue weighted by molar-refractivity contribution is -0.137. The number of likely N-dealkylation sites (tertiary alicyclic amines) is 1. The van der Waals surface area contributed by atoms with Crippen LogP contribution in [0.4, 0.5) is 19.0 Å². The van der Waals surface area contributed by atoms with Gasteiger partial charge in [-0.1, -0.05) is 11.6 Å². The molecule has 0 radical (unpaired) electrons. The van der Waals surface area contributed by atoms with Gasteiger partial charge >= 0.3 is 6.18 Å². The van der Waals surface area contributed by atoms with Crippen LogP contribution in [-0.2, 0) is 11.0 Å². The number of nitrogens with one attached hydrogen (secondary N) is 1. The molecule has 4 nitrogen and oxygen atoms in total. The Morgan fingerprint density at radius 3 is 2.57 bits per heavy atom. The molecular formula is C13H15ClF3N3O. The predicted octanol–water partition coefficient (Wildman–Crippen LogP) is 3.18. The van der Waals surface area contributed by atoms with Crippen molar-refractivity contribution in [3.8, 4) is 0 Å². The minimum Gasteiger partial charge on any atom is -0.359 e. The van der Waals surface area contributed by atoms with Crippen LogP contribution in [0.5, 0.6) is 0 Å². The molecule has 2 rings (SSSR count). The number of hydrogen-bond donors (Lipinski definition) is 1. The van der Waals surface area contributed by atoms with E-state index in [4.69, 9.17) is 11.6 Å². The van der Waals surface area contributed by atoms with Crippen LogP contribution in [0.25, 0.3) is 0 Å². The largest absolute Gasteiger partial charge is 0.416 e. The molecule has 2 heterocycles. The molecule has 1 unspecified atom stereocenters. The Morgan fingerprint density at radius 2 is 2.00 bits per heavy atom. The van der Waals surface area contributed by atoms with Gasteiger partial charge in [0.25, 0.3) is 0 Å². The number of carbonyl (C=O) groups is 1. The van der Waals surface area contributed by atoms with E-state index in [0.29, 0.717) is 13.1 Å². The highest BCUT2D eigenvalue weighted by Gasteiger charge is 2.32. The summed E-state index contributed by atoms with van der Waals surface area (Å²) in [5.41, 5.74) is -0.897. The van der Waals surface area contributed by atoms with E-state index in [-0.39, 0.29) is 16.9 Å². The number of carbonyl (C=O) groups excluding carboxylic acids is 1. The van der Waals surface area contributed by atoms with E-state index in [1.807, 2.05) is 0 Å². The predicted molar refractivity (Wildman–Crippen MR) is 73.1 cm³/mol. The van der Waals surface area contributed by atoms with Crippen molar-refractivity contribution in [2.24, 2.45) is 0 Å². The number of aromatic nitrogens is 1. The first-order valence-corrected chi connectivity index (χ1v) is 6.95. The van der Waals surface area contributed by atoms with Gasteiger partial charge in [-0.05, 0) is 31.9 Å². The molecule has 116 valence electrons. The van der Waals surface area contributed by atoms with Gasteiger partial charge in [-0.15, -0.1) is 0 Å². The molecule has 21 heavy (non-hydrogen) atoms. The zero-order chi connectivity index (χ0) is 15.6. The fourth-order valence-electron chi connectivity index (χ4n) is 2.23. The second kappa shape index (κ2) is 6.09. The van der Waals surface area contributed by atoms with Crippen molar-refractivity contribution in [1.82, 2.24) is 9.88 Å². The maximum absolute atomic E-state index is 12.7. The molecule has 1 aliphatic rings. The van der Waals surface area contributed by atoms with E-state index in [2.05, 4.69) is 10.3 Å². The average Bonchev–Trinajstić information content (AvgIpc) is 2.89. The number of amides is 1. The number of halogens is 4. The van der Waals surface area contributed by atoms with Crippen LogP contribution in [0.2, 0.25) is 5.15 Å². The highest BCUT2D eigenvalue weighted by atomic mass is 35.5. The lowest BCUT2D eigenvalue weighted by Gasteiger charge is -2.21. The molecule has 0 saturated carbocycles. The van der Waals surface area contributed by atoms with Crippen molar-refractivity contribution in [3.05, 3.63) is 22.8 Å². The molecule has 0 aromatic carbocycles. The highest BCUT2D eigenvalue weighted by Crippen LogP contribution is 2.32. The maximum atomic E-state index is 12.7. The number of alkyl halides is 3. The van der Waals surface area contributed by atoms with Crippen LogP contribution in [0.15, 0.2) is 12.1 Å². The number of hydrogen-bond acceptors (Lipinski definition) is 3. The van der Waals surface area contributed by atoms with E-state index in [9.17, 15) is 18.0 Å². The van der Waals surface area contributed by atoms with Gasteiger partial charge < -0.3 is 10.2 Å². The number of anilines is 1. The minimum atomic E-state index is -4.51. The molecule has 1 amide bonds. The minimum absolute atomic E-state index is 0.0603.